The van der Waals surface area contributed by atoms with Gasteiger partial charge in [-0.15, -0.1) is 11.6 Å². The molecule has 2 bridgehead atoms. The smallest absolute Gasteiger partial charge is 0.240 e. The molecule has 7 rings (SSSR count). The predicted octanol–water partition coefficient (Wildman–Crippen LogP) is 5.04. The van der Waals surface area contributed by atoms with Crippen molar-refractivity contribution in [3.63, 3.8) is 0 Å². The van der Waals surface area contributed by atoms with Gasteiger partial charge in [0.1, 0.15) is 4.87 Å². The number of halogens is 2. The first-order valence-electron chi connectivity index (χ1n) is 9.54. The molecule has 2 amide bonds. The van der Waals surface area contributed by atoms with E-state index in [1.807, 2.05) is 60.7 Å². The molecule has 4 aliphatic rings. The van der Waals surface area contributed by atoms with E-state index in [0.717, 1.165) is 25.8 Å². The zero-order valence-electron chi connectivity index (χ0n) is 15.2. The van der Waals surface area contributed by atoms with Gasteiger partial charge in [-0.2, -0.15) is 0 Å². The van der Waals surface area contributed by atoms with Crippen molar-refractivity contribution in [2.24, 2.45) is 11.8 Å². The summed E-state index contributed by atoms with van der Waals surface area (Å²) < 4.78 is 1.05. The number of nitrogens with zero attached hydrogens (tertiary/aromatic N) is 1. The molecule has 0 unspecified atom stereocenters. The average Bonchev–Trinajstić information content (AvgIpc) is 3.01. The van der Waals surface area contributed by atoms with Gasteiger partial charge in [0, 0.05) is 9.49 Å². The Morgan fingerprint density at radius 3 is 1.93 bits per heavy atom. The Morgan fingerprint density at radius 2 is 1.34 bits per heavy atom. The van der Waals surface area contributed by atoms with Crippen LogP contribution in [0, 0.1) is 15.4 Å². The molecule has 29 heavy (non-hydrogen) atoms. The van der Waals surface area contributed by atoms with Gasteiger partial charge in [-0.1, -0.05) is 48.5 Å². The van der Waals surface area contributed by atoms with Crippen LogP contribution in [0.1, 0.15) is 28.2 Å². The maximum absolute atomic E-state index is 13.7. The highest BCUT2D eigenvalue weighted by Crippen LogP contribution is 2.65. The zero-order valence-corrected chi connectivity index (χ0v) is 18.1. The summed E-state index contributed by atoms with van der Waals surface area (Å²) in [7, 11) is 0. The molecular weight excluding hydrogens is 497 g/mol. The quantitative estimate of drug-likeness (QED) is 0.261. The SMILES string of the molecule is O=C1[C@H]2C3c4ccccc4C(Cl)(c4ccccc43)[C@H]2C(=O)N1c1ccc(I)cc1. The number of benzene rings is 3. The van der Waals surface area contributed by atoms with E-state index in [2.05, 4.69) is 34.7 Å². The van der Waals surface area contributed by atoms with E-state index in [-0.39, 0.29) is 17.7 Å². The lowest BCUT2D eigenvalue weighted by molar-refractivity contribution is -0.122. The number of carbonyl (C=O) groups is 2. The van der Waals surface area contributed by atoms with E-state index in [1.54, 1.807) is 0 Å². The number of anilines is 1. The molecule has 1 saturated heterocycles. The number of amides is 2. The number of hydrogen-bond acceptors (Lipinski definition) is 2. The van der Waals surface area contributed by atoms with Crippen LogP contribution in [-0.2, 0) is 14.5 Å². The van der Waals surface area contributed by atoms with Crippen molar-refractivity contribution in [2.45, 2.75) is 10.8 Å². The van der Waals surface area contributed by atoms with Gasteiger partial charge >= 0.3 is 0 Å². The van der Waals surface area contributed by atoms with E-state index in [9.17, 15) is 9.59 Å². The number of alkyl halides is 1. The first-order chi connectivity index (χ1) is 14.0. The van der Waals surface area contributed by atoms with E-state index < -0.39 is 16.7 Å². The lowest BCUT2D eigenvalue weighted by atomic mass is 9.54. The fraction of sp³-hybridized carbons (Fsp3) is 0.167. The topological polar surface area (TPSA) is 37.4 Å². The monoisotopic (exact) mass is 511 g/mol. The molecule has 1 heterocycles. The Labute approximate surface area is 186 Å². The normalized spacial score (nSPS) is 28.9. The molecule has 0 N–H and O–H groups in total. The molecule has 0 aromatic heterocycles. The molecule has 3 aliphatic carbocycles. The molecule has 3 aromatic rings. The maximum atomic E-state index is 13.7. The van der Waals surface area contributed by atoms with Crippen LogP contribution in [0.4, 0.5) is 5.69 Å². The average molecular weight is 512 g/mol. The van der Waals surface area contributed by atoms with Crippen LogP contribution in [0.25, 0.3) is 0 Å². The molecule has 1 fully saturated rings. The van der Waals surface area contributed by atoms with Gasteiger partial charge in [0.2, 0.25) is 11.8 Å². The Morgan fingerprint density at radius 1 is 0.793 bits per heavy atom. The van der Waals surface area contributed by atoms with Gasteiger partial charge < -0.3 is 0 Å². The highest BCUT2D eigenvalue weighted by molar-refractivity contribution is 14.1. The molecule has 2 atom stereocenters. The Kier molecular flexibility index (Phi) is 3.61. The minimum atomic E-state index is -1.03. The minimum Gasteiger partial charge on any atom is -0.274 e. The van der Waals surface area contributed by atoms with Crippen LogP contribution in [0.3, 0.4) is 0 Å². The van der Waals surface area contributed by atoms with Crippen LogP contribution in [0.2, 0.25) is 0 Å². The van der Waals surface area contributed by atoms with Crippen molar-refractivity contribution in [1.29, 1.82) is 0 Å². The molecule has 0 spiro atoms. The molecule has 3 nitrogen and oxygen atoms in total. The van der Waals surface area contributed by atoms with Crippen molar-refractivity contribution in [3.8, 4) is 0 Å². The van der Waals surface area contributed by atoms with Crippen LogP contribution in [0.15, 0.2) is 72.8 Å². The number of rotatable bonds is 1. The van der Waals surface area contributed by atoms with Crippen LogP contribution in [0.5, 0.6) is 0 Å². The van der Waals surface area contributed by atoms with Crippen molar-refractivity contribution >= 4 is 51.7 Å². The van der Waals surface area contributed by atoms with E-state index in [1.165, 1.54) is 4.90 Å². The summed E-state index contributed by atoms with van der Waals surface area (Å²) in [6.45, 7) is 0. The van der Waals surface area contributed by atoms with Gasteiger partial charge in [0.25, 0.3) is 0 Å². The summed E-state index contributed by atoms with van der Waals surface area (Å²) in [5.41, 5.74) is 4.65. The highest BCUT2D eigenvalue weighted by Gasteiger charge is 2.67. The number of imide groups is 1. The molecule has 3 aromatic carbocycles. The summed E-state index contributed by atoms with van der Waals surface area (Å²) in [5, 5.41) is 0. The Bertz CT molecular complexity index is 1160. The van der Waals surface area contributed by atoms with Crippen molar-refractivity contribution in [1.82, 2.24) is 0 Å². The Balaban J connectivity index is 1.61. The van der Waals surface area contributed by atoms with Crippen LogP contribution >= 0.6 is 34.2 Å². The molecule has 1 aliphatic heterocycles. The fourth-order valence-corrected chi connectivity index (χ4v) is 6.46. The standard InChI is InChI=1S/C24H15ClINO2/c25-24-17-7-3-1-5-15(17)19(16-6-2-4-8-18(16)24)20-21(24)23(29)27(22(20)28)14-11-9-13(26)10-12-14/h1-12,19-21H/t19?,20-,21+,24?/m0/s1. The second kappa shape index (κ2) is 5.92. The third-order valence-electron chi connectivity index (χ3n) is 6.60. The third-order valence-corrected chi connectivity index (χ3v) is 7.96. The molecular formula is C24H15ClINO2. The van der Waals surface area contributed by atoms with Gasteiger partial charge in [-0.05, 0) is 69.1 Å². The lowest BCUT2D eigenvalue weighted by Gasteiger charge is -2.50. The number of hydrogen-bond donors (Lipinski definition) is 0. The third kappa shape index (κ3) is 2.09. The first-order valence-corrected chi connectivity index (χ1v) is 11.0. The minimum absolute atomic E-state index is 0.153. The van der Waals surface area contributed by atoms with Crippen molar-refractivity contribution < 1.29 is 9.59 Å². The molecule has 142 valence electrons. The van der Waals surface area contributed by atoms with Gasteiger partial charge in [-0.3, -0.25) is 9.59 Å². The van der Waals surface area contributed by atoms with E-state index in [4.69, 9.17) is 11.6 Å². The summed E-state index contributed by atoms with van der Waals surface area (Å²) >= 11 is 9.61. The van der Waals surface area contributed by atoms with Gasteiger partial charge in [0.05, 0.1) is 17.5 Å². The van der Waals surface area contributed by atoms with Crippen molar-refractivity contribution in [3.05, 3.63) is 98.6 Å². The van der Waals surface area contributed by atoms with E-state index >= 15 is 0 Å². The van der Waals surface area contributed by atoms with Crippen molar-refractivity contribution in [2.75, 3.05) is 4.90 Å². The molecule has 5 heteroatoms. The predicted molar refractivity (Wildman–Crippen MR) is 120 cm³/mol. The summed E-state index contributed by atoms with van der Waals surface area (Å²) in [6.07, 6.45) is 0. The second-order valence-corrected chi connectivity index (χ2v) is 9.70. The van der Waals surface area contributed by atoms with Gasteiger partial charge in [0.15, 0.2) is 0 Å². The van der Waals surface area contributed by atoms with E-state index in [0.29, 0.717) is 5.69 Å². The summed E-state index contributed by atoms with van der Waals surface area (Å²) in [4.78, 5) is 27.6. The zero-order chi connectivity index (χ0) is 19.9. The Hall–Kier alpha value is -2.18. The molecule has 0 saturated carbocycles. The van der Waals surface area contributed by atoms with Crippen LogP contribution in [-0.4, -0.2) is 11.8 Å². The maximum Gasteiger partial charge on any atom is 0.240 e. The van der Waals surface area contributed by atoms with Gasteiger partial charge in [-0.25, -0.2) is 4.90 Å². The fourth-order valence-electron chi connectivity index (χ4n) is 5.52. The number of carbonyl (C=O) groups excluding carboxylic acids is 2. The highest BCUT2D eigenvalue weighted by atomic mass is 127. The lowest BCUT2D eigenvalue weighted by Crippen LogP contribution is -2.50. The second-order valence-electron chi connectivity index (χ2n) is 7.86. The summed E-state index contributed by atoms with van der Waals surface area (Å²) in [6, 6.07) is 23.5. The summed E-state index contributed by atoms with van der Waals surface area (Å²) in [5.74, 6) is -1.60. The first kappa shape index (κ1) is 17.7. The van der Waals surface area contributed by atoms with Crippen LogP contribution < -0.4 is 4.90 Å². The molecule has 0 radical (unpaired) electrons. The largest absolute Gasteiger partial charge is 0.274 e.